The quantitative estimate of drug-likeness (QED) is 0.755. The third-order valence-corrected chi connectivity index (χ3v) is 3.90. The molecule has 0 aliphatic heterocycles. The van der Waals surface area contributed by atoms with Gasteiger partial charge < -0.3 is 14.1 Å². The lowest BCUT2D eigenvalue weighted by molar-refractivity contribution is -0.130. The van der Waals surface area contributed by atoms with Crippen molar-refractivity contribution in [3.63, 3.8) is 0 Å². The Morgan fingerprint density at radius 1 is 1.28 bits per heavy atom. The molecule has 0 saturated carbocycles. The molecule has 0 N–H and O–H groups in total. The van der Waals surface area contributed by atoms with E-state index in [4.69, 9.17) is 9.68 Å². The molecule has 130 valence electrons. The van der Waals surface area contributed by atoms with E-state index in [1.807, 2.05) is 12.1 Å². The molecule has 1 amide bonds. The summed E-state index contributed by atoms with van der Waals surface area (Å²) in [6.45, 7) is 1.96. The summed E-state index contributed by atoms with van der Waals surface area (Å²) < 4.78 is 10.2. The third kappa shape index (κ3) is 4.70. The van der Waals surface area contributed by atoms with Crippen molar-refractivity contribution in [3.8, 4) is 6.07 Å². The Morgan fingerprint density at radius 2 is 1.96 bits per heavy atom. The highest BCUT2D eigenvalue weighted by Gasteiger charge is 2.17. The number of hydrogen-bond donors (Lipinski definition) is 0. The van der Waals surface area contributed by atoms with Gasteiger partial charge in [-0.2, -0.15) is 5.26 Å². The van der Waals surface area contributed by atoms with Crippen LogP contribution in [0.4, 0.5) is 0 Å². The minimum Gasteiger partial charge on any atom is -0.465 e. The molecule has 0 atom stereocenters. The van der Waals surface area contributed by atoms with Crippen LogP contribution in [0.5, 0.6) is 0 Å². The predicted octanol–water partition coefficient (Wildman–Crippen LogP) is 2.84. The molecule has 2 aromatic rings. The van der Waals surface area contributed by atoms with Gasteiger partial charge in [0.15, 0.2) is 0 Å². The number of ether oxygens (including phenoxy) is 1. The van der Waals surface area contributed by atoms with E-state index >= 15 is 0 Å². The van der Waals surface area contributed by atoms with Gasteiger partial charge in [-0.1, -0.05) is 12.1 Å². The number of benzene rings is 1. The Labute approximate surface area is 146 Å². The zero-order valence-electron chi connectivity index (χ0n) is 14.5. The molecule has 1 aromatic carbocycles. The van der Waals surface area contributed by atoms with E-state index in [0.29, 0.717) is 35.5 Å². The number of nitrogens with zero attached hydrogens (tertiary/aromatic N) is 2. The molecule has 0 radical (unpaired) electrons. The van der Waals surface area contributed by atoms with Gasteiger partial charge in [-0.15, -0.1) is 0 Å². The van der Waals surface area contributed by atoms with Crippen LogP contribution in [0.2, 0.25) is 0 Å². The Hall–Kier alpha value is -3.07. The number of aryl methyl sites for hydroxylation is 2. The number of amides is 1. The number of carbonyl (C=O) groups excluding carboxylic acids is 2. The highest BCUT2D eigenvalue weighted by Crippen LogP contribution is 2.17. The van der Waals surface area contributed by atoms with Gasteiger partial charge in [0.05, 0.1) is 25.3 Å². The van der Waals surface area contributed by atoms with Crippen molar-refractivity contribution < 1.29 is 18.7 Å². The summed E-state index contributed by atoms with van der Waals surface area (Å²) in [4.78, 5) is 25.4. The second-order valence-corrected chi connectivity index (χ2v) is 5.73. The predicted molar refractivity (Wildman–Crippen MR) is 90.7 cm³/mol. The molecule has 0 aliphatic carbocycles. The first kappa shape index (κ1) is 18.3. The first-order valence-electron chi connectivity index (χ1n) is 7.85. The summed E-state index contributed by atoms with van der Waals surface area (Å²) in [5, 5.41) is 8.78. The average molecular weight is 340 g/mol. The molecular formula is C19H20N2O4. The Bertz CT molecular complexity index is 800. The van der Waals surface area contributed by atoms with E-state index in [-0.39, 0.29) is 12.5 Å². The fourth-order valence-corrected chi connectivity index (χ4v) is 2.44. The molecule has 25 heavy (non-hydrogen) atoms. The van der Waals surface area contributed by atoms with Gasteiger partial charge in [0, 0.05) is 13.5 Å². The summed E-state index contributed by atoms with van der Waals surface area (Å²) in [5.41, 5.74) is 1.97. The van der Waals surface area contributed by atoms with Crippen LogP contribution in [0.3, 0.4) is 0 Å². The average Bonchev–Trinajstić information content (AvgIpc) is 2.99. The summed E-state index contributed by atoms with van der Waals surface area (Å²) in [6.07, 6.45) is 0.950. The van der Waals surface area contributed by atoms with E-state index < -0.39 is 5.97 Å². The molecule has 1 aromatic heterocycles. The number of nitriles is 1. The van der Waals surface area contributed by atoms with Gasteiger partial charge in [0.25, 0.3) is 0 Å². The lowest BCUT2D eigenvalue weighted by Crippen LogP contribution is -2.26. The largest absolute Gasteiger partial charge is 0.465 e. The molecule has 0 spiro atoms. The summed E-state index contributed by atoms with van der Waals surface area (Å²) >= 11 is 0. The SMILES string of the molecule is COC(=O)c1cc(CN(C)C(=O)CCc2ccc(C#N)cc2)oc1C. The number of hydrogen-bond acceptors (Lipinski definition) is 5. The van der Waals surface area contributed by atoms with Crippen molar-refractivity contribution in [3.05, 3.63) is 58.5 Å². The fourth-order valence-electron chi connectivity index (χ4n) is 2.44. The molecule has 6 nitrogen and oxygen atoms in total. The van der Waals surface area contributed by atoms with Crippen LogP contribution in [0, 0.1) is 18.3 Å². The van der Waals surface area contributed by atoms with Crippen molar-refractivity contribution in [2.24, 2.45) is 0 Å². The molecule has 0 bridgehead atoms. The minimum atomic E-state index is -0.456. The van der Waals surface area contributed by atoms with Crippen LogP contribution in [0.1, 0.15) is 39.4 Å². The minimum absolute atomic E-state index is 0.0296. The van der Waals surface area contributed by atoms with Gasteiger partial charge in [-0.05, 0) is 37.1 Å². The van der Waals surface area contributed by atoms with Crippen LogP contribution in [0.15, 0.2) is 34.7 Å². The Balaban J connectivity index is 1.91. The maximum atomic E-state index is 12.3. The van der Waals surface area contributed by atoms with E-state index in [2.05, 4.69) is 10.8 Å². The van der Waals surface area contributed by atoms with Crippen LogP contribution in [0.25, 0.3) is 0 Å². The first-order chi connectivity index (χ1) is 11.9. The van der Waals surface area contributed by atoms with Crippen LogP contribution < -0.4 is 0 Å². The monoisotopic (exact) mass is 340 g/mol. The third-order valence-electron chi connectivity index (χ3n) is 3.90. The lowest BCUT2D eigenvalue weighted by Gasteiger charge is -2.15. The smallest absolute Gasteiger partial charge is 0.341 e. The molecule has 0 unspecified atom stereocenters. The number of carbonyl (C=O) groups is 2. The highest BCUT2D eigenvalue weighted by molar-refractivity contribution is 5.90. The van der Waals surface area contributed by atoms with Crippen molar-refractivity contribution in [2.45, 2.75) is 26.3 Å². The lowest BCUT2D eigenvalue weighted by atomic mass is 10.1. The summed E-state index contributed by atoms with van der Waals surface area (Å²) in [7, 11) is 3.00. The topological polar surface area (TPSA) is 83.5 Å². The molecule has 0 fully saturated rings. The molecule has 2 rings (SSSR count). The second-order valence-electron chi connectivity index (χ2n) is 5.73. The van der Waals surface area contributed by atoms with Gasteiger partial charge in [-0.3, -0.25) is 4.79 Å². The fraction of sp³-hybridized carbons (Fsp3) is 0.316. The van der Waals surface area contributed by atoms with Crippen molar-refractivity contribution in [1.29, 1.82) is 5.26 Å². The summed E-state index contributed by atoms with van der Waals surface area (Å²) in [6, 6.07) is 10.8. The van der Waals surface area contributed by atoms with E-state index in [9.17, 15) is 9.59 Å². The van der Waals surface area contributed by atoms with Gasteiger partial charge in [0.2, 0.25) is 5.91 Å². The molecule has 6 heteroatoms. The van der Waals surface area contributed by atoms with Gasteiger partial charge in [0.1, 0.15) is 17.1 Å². The van der Waals surface area contributed by atoms with Crippen molar-refractivity contribution in [1.82, 2.24) is 4.90 Å². The van der Waals surface area contributed by atoms with Gasteiger partial charge >= 0.3 is 5.97 Å². The second kappa shape index (κ2) is 8.15. The number of esters is 1. The first-order valence-corrected chi connectivity index (χ1v) is 7.85. The van der Waals surface area contributed by atoms with Crippen LogP contribution >= 0.6 is 0 Å². The molecule has 0 saturated heterocycles. The highest BCUT2D eigenvalue weighted by atomic mass is 16.5. The van der Waals surface area contributed by atoms with E-state index in [0.717, 1.165) is 5.56 Å². The van der Waals surface area contributed by atoms with Crippen LogP contribution in [-0.4, -0.2) is 30.9 Å². The molecule has 1 heterocycles. The summed E-state index contributed by atoms with van der Waals surface area (Å²) in [5.74, 6) is 0.521. The Morgan fingerprint density at radius 3 is 2.56 bits per heavy atom. The van der Waals surface area contributed by atoms with E-state index in [1.165, 1.54) is 7.11 Å². The van der Waals surface area contributed by atoms with E-state index in [1.54, 1.807) is 37.1 Å². The molecular weight excluding hydrogens is 320 g/mol. The number of furan rings is 1. The normalized spacial score (nSPS) is 10.2. The standard InChI is InChI=1S/C19H20N2O4/c1-13-17(19(23)24-3)10-16(25-13)12-21(2)18(22)9-8-14-4-6-15(11-20)7-5-14/h4-7,10H,8-9,12H2,1-3H3. The van der Waals surface area contributed by atoms with Crippen molar-refractivity contribution in [2.75, 3.05) is 14.2 Å². The Kier molecular flexibility index (Phi) is 5.96. The maximum Gasteiger partial charge on any atom is 0.341 e. The number of rotatable bonds is 6. The zero-order valence-corrected chi connectivity index (χ0v) is 14.5. The zero-order chi connectivity index (χ0) is 18.4. The van der Waals surface area contributed by atoms with Crippen molar-refractivity contribution >= 4 is 11.9 Å². The number of methoxy groups -OCH3 is 1. The van der Waals surface area contributed by atoms with Crippen LogP contribution in [-0.2, 0) is 22.5 Å². The maximum absolute atomic E-state index is 12.3. The molecule has 0 aliphatic rings. The van der Waals surface area contributed by atoms with Gasteiger partial charge in [-0.25, -0.2) is 4.79 Å².